The van der Waals surface area contributed by atoms with Crippen molar-refractivity contribution in [3.05, 3.63) is 95.6 Å². The lowest BCUT2D eigenvalue weighted by atomic mass is 9.88. The van der Waals surface area contributed by atoms with E-state index >= 15 is 0 Å². The van der Waals surface area contributed by atoms with Crippen LogP contribution in [0.1, 0.15) is 37.0 Å². The summed E-state index contributed by atoms with van der Waals surface area (Å²) in [5.41, 5.74) is 5.80. The second kappa shape index (κ2) is 11.3. The molecule has 3 aromatic carbocycles. The summed E-state index contributed by atoms with van der Waals surface area (Å²) in [6.07, 6.45) is 0.881. The Balaban J connectivity index is 2.01. The molecule has 0 amide bonds. The lowest BCUT2D eigenvalue weighted by Crippen LogP contribution is -2.19. The number of benzene rings is 3. The zero-order chi connectivity index (χ0) is 22.9. The van der Waals surface area contributed by atoms with Gasteiger partial charge < -0.3 is 14.4 Å². The summed E-state index contributed by atoms with van der Waals surface area (Å²) in [7, 11) is 4.07. The number of hydrogen-bond acceptors (Lipinski definition) is 4. The predicted octanol–water partition coefficient (Wildman–Crippen LogP) is 5.92. The molecular weight excluding hydrogens is 398 g/mol. The molecule has 3 aromatic rings. The van der Waals surface area contributed by atoms with Crippen LogP contribution in [0.2, 0.25) is 0 Å². The van der Waals surface area contributed by atoms with Gasteiger partial charge in [-0.3, -0.25) is 4.79 Å². The summed E-state index contributed by atoms with van der Waals surface area (Å²) in [6.45, 7) is 5.10. The third-order valence-corrected chi connectivity index (χ3v) is 5.13. The van der Waals surface area contributed by atoms with Gasteiger partial charge in [0.1, 0.15) is 18.1 Å². The molecule has 0 saturated heterocycles. The van der Waals surface area contributed by atoms with Gasteiger partial charge in [0, 0.05) is 13.5 Å². The molecule has 0 aromatic heterocycles. The highest BCUT2D eigenvalue weighted by atomic mass is 16.5. The lowest BCUT2D eigenvalue weighted by molar-refractivity contribution is -0.131. The van der Waals surface area contributed by atoms with E-state index in [-0.39, 0.29) is 5.97 Å². The first-order chi connectivity index (χ1) is 15.5. The van der Waals surface area contributed by atoms with Gasteiger partial charge in [0.05, 0.1) is 0 Å². The zero-order valence-electron chi connectivity index (χ0n) is 19.3. The number of nitrogens with zero attached hydrogens (tertiary/aromatic N) is 1. The van der Waals surface area contributed by atoms with Gasteiger partial charge in [-0.2, -0.15) is 0 Å². The minimum atomic E-state index is -0.322. The number of likely N-dealkylation sites (N-methyl/N-ethyl adjacent to an activating group) is 1. The van der Waals surface area contributed by atoms with Crippen LogP contribution in [0.5, 0.6) is 11.5 Å². The molecule has 0 N–H and O–H groups in total. The summed E-state index contributed by atoms with van der Waals surface area (Å²) in [4.78, 5) is 13.4. The Hall–Kier alpha value is -3.37. The van der Waals surface area contributed by atoms with Crippen LogP contribution >= 0.6 is 0 Å². The van der Waals surface area contributed by atoms with Crippen molar-refractivity contribution in [1.82, 2.24) is 4.90 Å². The second-order valence-corrected chi connectivity index (χ2v) is 7.87. The lowest BCUT2D eigenvalue weighted by Gasteiger charge is -2.17. The van der Waals surface area contributed by atoms with Crippen molar-refractivity contribution in [3.8, 4) is 11.5 Å². The molecule has 32 heavy (non-hydrogen) atoms. The van der Waals surface area contributed by atoms with Crippen LogP contribution in [0.15, 0.2) is 78.9 Å². The van der Waals surface area contributed by atoms with Crippen LogP contribution in [0.4, 0.5) is 0 Å². The van der Waals surface area contributed by atoms with Crippen LogP contribution in [-0.2, 0) is 4.79 Å². The van der Waals surface area contributed by atoms with E-state index in [9.17, 15) is 4.79 Å². The Kier molecular flexibility index (Phi) is 8.23. The fourth-order valence-corrected chi connectivity index (χ4v) is 3.60. The van der Waals surface area contributed by atoms with Crippen LogP contribution in [0.25, 0.3) is 11.1 Å². The van der Waals surface area contributed by atoms with Gasteiger partial charge in [0.2, 0.25) is 0 Å². The molecule has 0 fully saturated rings. The van der Waals surface area contributed by atoms with E-state index in [1.807, 2.05) is 56.6 Å². The van der Waals surface area contributed by atoms with Crippen molar-refractivity contribution < 1.29 is 14.3 Å². The van der Waals surface area contributed by atoms with E-state index in [2.05, 4.69) is 48.2 Å². The molecule has 0 aliphatic rings. The van der Waals surface area contributed by atoms with E-state index < -0.39 is 0 Å². The normalized spacial score (nSPS) is 11.8. The Bertz CT molecular complexity index is 1040. The van der Waals surface area contributed by atoms with Crippen molar-refractivity contribution in [2.45, 2.75) is 20.3 Å². The van der Waals surface area contributed by atoms with E-state index in [0.29, 0.717) is 12.4 Å². The van der Waals surface area contributed by atoms with Crippen molar-refractivity contribution in [2.75, 3.05) is 27.2 Å². The van der Waals surface area contributed by atoms with Crippen LogP contribution < -0.4 is 9.47 Å². The number of carbonyl (C=O) groups excluding carboxylic acids is 1. The van der Waals surface area contributed by atoms with E-state index in [1.54, 1.807) is 0 Å². The molecular formula is C28H31NO3. The average molecular weight is 430 g/mol. The highest BCUT2D eigenvalue weighted by molar-refractivity contribution is 5.98. The van der Waals surface area contributed by atoms with Crippen molar-refractivity contribution in [1.29, 1.82) is 0 Å². The molecule has 166 valence electrons. The van der Waals surface area contributed by atoms with Crippen molar-refractivity contribution >= 4 is 17.1 Å². The number of rotatable bonds is 9. The molecule has 0 atom stereocenters. The van der Waals surface area contributed by atoms with Crippen LogP contribution in [-0.4, -0.2) is 38.1 Å². The molecule has 0 radical (unpaired) electrons. The molecule has 0 spiro atoms. The van der Waals surface area contributed by atoms with Gasteiger partial charge in [-0.05, 0) is 72.6 Å². The SMILES string of the molecule is CCC(=C(c1ccc(OCCN(C)C)cc1)c1ccc(OC(C)=O)cc1)c1ccccc1. The highest BCUT2D eigenvalue weighted by Crippen LogP contribution is 2.35. The molecule has 0 heterocycles. The van der Waals surface area contributed by atoms with E-state index in [1.165, 1.54) is 18.1 Å². The minimum Gasteiger partial charge on any atom is -0.492 e. The van der Waals surface area contributed by atoms with E-state index in [0.717, 1.165) is 35.4 Å². The van der Waals surface area contributed by atoms with Gasteiger partial charge in [-0.1, -0.05) is 61.5 Å². The van der Waals surface area contributed by atoms with Gasteiger partial charge in [-0.15, -0.1) is 0 Å². The van der Waals surface area contributed by atoms with Gasteiger partial charge in [-0.25, -0.2) is 0 Å². The predicted molar refractivity (Wildman–Crippen MR) is 131 cm³/mol. The Morgan fingerprint density at radius 3 is 1.84 bits per heavy atom. The van der Waals surface area contributed by atoms with Crippen molar-refractivity contribution in [2.24, 2.45) is 0 Å². The largest absolute Gasteiger partial charge is 0.492 e. The number of allylic oxidation sites excluding steroid dienone is 1. The summed E-state index contributed by atoms with van der Waals surface area (Å²) < 4.78 is 11.1. The third-order valence-electron chi connectivity index (χ3n) is 5.13. The monoisotopic (exact) mass is 429 g/mol. The second-order valence-electron chi connectivity index (χ2n) is 7.87. The maximum atomic E-state index is 11.3. The average Bonchev–Trinajstić information content (AvgIpc) is 2.79. The zero-order valence-corrected chi connectivity index (χ0v) is 19.3. The number of esters is 1. The first kappa shape index (κ1) is 23.3. The Morgan fingerprint density at radius 1 is 0.781 bits per heavy atom. The summed E-state index contributed by atoms with van der Waals surface area (Å²) in [5.74, 6) is 1.08. The van der Waals surface area contributed by atoms with Crippen LogP contribution in [0.3, 0.4) is 0 Å². The maximum absolute atomic E-state index is 11.3. The van der Waals surface area contributed by atoms with Gasteiger partial charge in [0.25, 0.3) is 0 Å². The fourth-order valence-electron chi connectivity index (χ4n) is 3.60. The van der Waals surface area contributed by atoms with Crippen LogP contribution in [0, 0.1) is 0 Å². The van der Waals surface area contributed by atoms with Crippen molar-refractivity contribution in [3.63, 3.8) is 0 Å². The van der Waals surface area contributed by atoms with E-state index in [4.69, 9.17) is 9.47 Å². The fraction of sp³-hybridized carbons (Fsp3) is 0.250. The number of ether oxygens (including phenoxy) is 2. The molecule has 3 rings (SSSR count). The van der Waals surface area contributed by atoms with Gasteiger partial charge in [0.15, 0.2) is 0 Å². The highest BCUT2D eigenvalue weighted by Gasteiger charge is 2.14. The first-order valence-corrected chi connectivity index (χ1v) is 10.9. The molecule has 0 bridgehead atoms. The summed E-state index contributed by atoms with van der Waals surface area (Å²) in [6, 6.07) is 26.4. The standard InChI is InChI=1S/C28H31NO3/c1-5-27(22-9-7-6-8-10-22)28(24-13-17-26(18-14-24)32-21(2)30)23-11-15-25(16-12-23)31-20-19-29(3)4/h6-18H,5,19-20H2,1-4H3. The smallest absolute Gasteiger partial charge is 0.308 e. The summed E-state index contributed by atoms with van der Waals surface area (Å²) >= 11 is 0. The Morgan fingerprint density at radius 2 is 1.34 bits per heavy atom. The quantitative estimate of drug-likeness (QED) is 0.240. The number of carbonyl (C=O) groups is 1. The third kappa shape index (κ3) is 6.32. The molecule has 4 heteroatoms. The van der Waals surface area contributed by atoms with Gasteiger partial charge >= 0.3 is 5.97 Å². The molecule has 4 nitrogen and oxygen atoms in total. The minimum absolute atomic E-state index is 0.322. The molecule has 0 unspecified atom stereocenters. The number of hydrogen-bond donors (Lipinski definition) is 0. The molecule has 0 aliphatic heterocycles. The molecule has 0 saturated carbocycles. The summed E-state index contributed by atoms with van der Waals surface area (Å²) in [5, 5.41) is 0. The first-order valence-electron chi connectivity index (χ1n) is 10.9. The maximum Gasteiger partial charge on any atom is 0.308 e. The Labute approximate surface area is 191 Å². The topological polar surface area (TPSA) is 38.8 Å². The molecule has 0 aliphatic carbocycles.